The molecule has 2 N–H and O–H groups in total. The zero-order valence-electron chi connectivity index (χ0n) is 18.9. The zero-order valence-corrected chi connectivity index (χ0v) is 19.7. The first-order valence-corrected chi connectivity index (χ1v) is 12.1. The van der Waals surface area contributed by atoms with Crippen LogP contribution in [0.1, 0.15) is 19.1 Å². The number of ether oxygens (including phenoxy) is 1. The predicted molar refractivity (Wildman–Crippen MR) is 127 cm³/mol. The number of methoxy groups -OCH3 is 1. The second kappa shape index (κ2) is 11.5. The van der Waals surface area contributed by atoms with Crippen molar-refractivity contribution in [1.82, 2.24) is 10.0 Å². The normalized spacial score (nSPS) is 12.1. The molecule has 0 aliphatic carbocycles. The zero-order chi connectivity index (χ0) is 24.6. The van der Waals surface area contributed by atoms with Crippen LogP contribution in [0.4, 0.5) is 5.69 Å². The van der Waals surface area contributed by atoms with Gasteiger partial charge in [0.1, 0.15) is 17.6 Å². The molecule has 0 saturated carbocycles. The summed E-state index contributed by atoms with van der Waals surface area (Å²) < 4.78 is 38.0. The first-order chi connectivity index (χ1) is 16.4. The lowest BCUT2D eigenvalue weighted by Crippen LogP contribution is -2.52. The maximum atomic E-state index is 13.3. The molecule has 0 unspecified atom stereocenters. The minimum atomic E-state index is -3.90. The summed E-state index contributed by atoms with van der Waals surface area (Å²) in [5.41, 5.74) is 0.435. The monoisotopic (exact) mass is 485 g/mol. The van der Waals surface area contributed by atoms with Gasteiger partial charge in [0, 0.05) is 5.69 Å². The maximum absolute atomic E-state index is 13.3. The third-order valence-corrected chi connectivity index (χ3v) is 6.52. The molecule has 3 aromatic rings. The summed E-state index contributed by atoms with van der Waals surface area (Å²) in [4.78, 5) is 27.6. The largest absolute Gasteiger partial charge is 0.497 e. The summed E-state index contributed by atoms with van der Waals surface area (Å²) in [5.74, 6) is 0.177. The maximum Gasteiger partial charge on any atom is 0.243 e. The fourth-order valence-electron chi connectivity index (χ4n) is 3.36. The third-order valence-electron chi connectivity index (χ3n) is 5.10. The molecule has 9 nitrogen and oxygen atoms in total. The minimum absolute atomic E-state index is 0.0435. The van der Waals surface area contributed by atoms with Crippen molar-refractivity contribution in [3.63, 3.8) is 0 Å². The van der Waals surface area contributed by atoms with E-state index in [9.17, 15) is 18.0 Å². The number of carbonyl (C=O) groups is 2. The summed E-state index contributed by atoms with van der Waals surface area (Å²) in [7, 11) is -2.38. The number of carbonyl (C=O) groups excluding carboxylic acids is 2. The van der Waals surface area contributed by atoms with Gasteiger partial charge in [-0.05, 0) is 55.0 Å². The predicted octanol–water partition coefficient (Wildman–Crippen LogP) is 2.69. The van der Waals surface area contributed by atoms with Crippen molar-refractivity contribution in [1.29, 1.82) is 0 Å². The Bertz CT molecular complexity index is 1180. The van der Waals surface area contributed by atoms with E-state index in [0.29, 0.717) is 23.6 Å². The molecule has 2 aromatic carbocycles. The second-order valence-corrected chi connectivity index (χ2v) is 9.09. The van der Waals surface area contributed by atoms with Gasteiger partial charge in [-0.15, -0.1) is 0 Å². The van der Waals surface area contributed by atoms with E-state index in [1.54, 1.807) is 61.5 Å². The number of rotatable bonds is 11. The Morgan fingerprint density at radius 3 is 2.32 bits per heavy atom. The molecule has 0 saturated heterocycles. The summed E-state index contributed by atoms with van der Waals surface area (Å²) >= 11 is 0. The van der Waals surface area contributed by atoms with Crippen LogP contribution in [0, 0.1) is 0 Å². The number of nitrogens with one attached hydrogen (secondary N) is 2. The van der Waals surface area contributed by atoms with E-state index >= 15 is 0 Å². The van der Waals surface area contributed by atoms with Crippen molar-refractivity contribution >= 4 is 27.5 Å². The Labute approximate surface area is 198 Å². The molecule has 1 heterocycles. The van der Waals surface area contributed by atoms with Crippen LogP contribution in [0.3, 0.4) is 0 Å². The van der Waals surface area contributed by atoms with Crippen LogP contribution < -0.4 is 19.7 Å². The van der Waals surface area contributed by atoms with Gasteiger partial charge in [0.15, 0.2) is 0 Å². The number of benzene rings is 2. The van der Waals surface area contributed by atoms with E-state index in [-0.39, 0.29) is 11.4 Å². The molecule has 3 rings (SSSR count). The molecule has 0 radical (unpaired) electrons. The minimum Gasteiger partial charge on any atom is -0.497 e. The average molecular weight is 486 g/mol. The van der Waals surface area contributed by atoms with Gasteiger partial charge in [0.25, 0.3) is 0 Å². The topological polar surface area (TPSA) is 118 Å². The summed E-state index contributed by atoms with van der Waals surface area (Å²) in [6.45, 7) is 1.41. The molecule has 0 fully saturated rings. The molecular formula is C24H27N3O6S. The van der Waals surface area contributed by atoms with Crippen molar-refractivity contribution in [3.05, 3.63) is 78.8 Å². The highest BCUT2D eigenvalue weighted by Crippen LogP contribution is 2.23. The number of sulfonamides is 1. The highest BCUT2D eigenvalue weighted by atomic mass is 32.2. The lowest BCUT2D eigenvalue weighted by molar-refractivity contribution is -0.126. The molecule has 1 atom stereocenters. The first-order valence-electron chi connectivity index (χ1n) is 10.7. The molecular weight excluding hydrogens is 458 g/mol. The Morgan fingerprint density at radius 1 is 1.03 bits per heavy atom. The van der Waals surface area contributed by atoms with Crippen molar-refractivity contribution in [2.24, 2.45) is 0 Å². The van der Waals surface area contributed by atoms with Crippen LogP contribution in [0.25, 0.3) is 0 Å². The highest BCUT2D eigenvalue weighted by Gasteiger charge is 2.30. The molecule has 0 bridgehead atoms. The fourth-order valence-corrected chi connectivity index (χ4v) is 4.35. The molecule has 0 aliphatic heterocycles. The van der Waals surface area contributed by atoms with E-state index < -0.39 is 34.4 Å². The van der Waals surface area contributed by atoms with Gasteiger partial charge < -0.3 is 14.5 Å². The Kier molecular flexibility index (Phi) is 8.44. The van der Waals surface area contributed by atoms with E-state index in [2.05, 4.69) is 10.0 Å². The number of furan rings is 1. The van der Waals surface area contributed by atoms with Gasteiger partial charge in [-0.1, -0.05) is 25.1 Å². The van der Waals surface area contributed by atoms with Crippen molar-refractivity contribution in [2.75, 3.05) is 18.6 Å². The van der Waals surface area contributed by atoms with E-state index in [0.717, 1.165) is 0 Å². The number of nitrogens with zero attached hydrogens (tertiary/aromatic N) is 1. The SMILES string of the molecule is CC[C@H](C(=O)NCc1ccco1)N(C(=O)CNS(=O)(=O)c1ccccc1)c1ccc(OC)cc1. The summed E-state index contributed by atoms with van der Waals surface area (Å²) in [6.07, 6.45) is 1.80. The quantitative estimate of drug-likeness (QED) is 0.431. The van der Waals surface area contributed by atoms with Gasteiger partial charge in [-0.3, -0.25) is 14.5 Å². The number of hydrogen-bond donors (Lipinski definition) is 2. The number of anilines is 1. The Balaban J connectivity index is 1.82. The van der Waals surface area contributed by atoms with E-state index in [4.69, 9.17) is 9.15 Å². The summed E-state index contributed by atoms with van der Waals surface area (Å²) in [5, 5.41) is 2.77. The first kappa shape index (κ1) is 25.0. The molecule has 34 heavy (non-hydrogen) atoms. The fraction of sp³-hybridized carbons (Fsp3) is 0.250. The van der Waals surface area contributed by atoms with Gasteiger partial charge in [-0.2, -0.15) is 0 Å². The standard InChI is InChI=1S/C24H27N3O6S/c1-3-22(24(29)25-16-20-8-7-15-33-20)27(18-11-13-19(32-2)14-12-18)23(28)17-26-34(30,31)21-9-5-4-6-10-21/h4-15,22,26H,3,16-17H2,1-2H3,(H,25,29)/t22-/m1/s1. The van der Waals surface area contributed by atoms with Gasteiger partial charge >= 0.3 is 0 Å². The van der Waals surface area contributed by atoms with Gasteiger partial charge in [0.05, 0.1) is 31.4 Å². The molecule has 0 aliphatic rings. The van der Waals surface area contributed by atoms with Crippen LogP contribution in [0.15, 0.2) is 82.3 Å². The van der Waals surface area contributed by atoms with Crippen LogP contribution in [0.2, 0.25) is 0 Å². The van der Waals surface area contributed by atoms with Crippen LogP contribution >= 0.6 is 0 Å². The van der Waals surface area contributed by atoms with Crippen molar-refractivity contribution < 1.29 is 27.2 Å². The molecule has 0 spiro atoms. The van der Waals surface area contributed by atoms with Gasteiger partial charge in [0.2, 0.25) is 21.8 Å². The smallest absolute Gasteiger partial charge is 0.243 e. The Morgan fingerprint density at radius 2 is 1.74 bits per heavy atom. The molecule has 1 aromatic heterocycles. The number of hydrogen-bond acceptors (Lipinski definition) is 6. The van der Waals surface area contributed by atoms with Crippen LogP contribution in [0.5, 0.6) is 5.75 Å². The molecule has 10 heteroatoms. The third kappa shape index (κ3) is 6.24. The van der Waals surface area contributed by atoms with Crippen LogP contribution in [-0.2, 0) is 26.2 Å². The van der Waals surface area contributed by atoms with E-state index in [1.165, 1.54) is 30.4 Å². The highest BCUT2D eigenvalue weighted by molar-refractivity contribution is 7.89. The molecule has 2 amide bonds. The average Bonchev–Trinajstić information content (AvgIpc) is 3.39. The summed E-state index contributed by atoms with van der Waals surface area (Å²) in [6, 6.07) is 16.9. The van der Waals surface area contributed by atoms with Crippen LogP contribution in [-0.4, -0.2) is 39.9 Å². The van der Waals surface area contributed by atoms with E-state index in [1.807, 2.05) is 0 Å². The van der Waals surface area contributed by atoms with Gasteiger partial charge in [-0.25, -0.2) is 13.1 Å². The lowest BCUT2D eigenvalue weighted by atomic mass is 10.1. The van der Waals surface area contributed by atoms with Crippen molar-refractivity contribution in [3.8, 4) is 5.75 Å². The molecule has 180 valence electrons. The number of amides is 2. The lowest BCUT2D eigenvalue weighted by Gasteiger charge is -2.30. The Hall–Kier alpha value is -3.63. The second-order valence-electron chi connectivity index (χ2n) is 7.32. The van der Waals surface area contributed by atoms with Crippen molar-refractivity contribution in [2.45, 2.75) is 30.8 Å².